The molecule has 0 N–H and O–H groups in total. The summed E-state index contributed by atoms with van der Waals surface area (Å²) in [5, 5.41) is 0. The standard InChI is InChI=1S/C16H22N4O2S/c1-18-14-17-11-16(18)12-19-7-9-20(10-8-19)23(21,22)13-15-5-3-2-4-6-15/h2-6,11,14H,7-10,12-13H2,1H3. The van der Waals surface area contributed by atoms with E-state index >= 15 is 0 Å². The van der Waals surface area contributed by atoms with Gasteiger partial charge in [0, 0.05) is 46.0 Å². The molecular formula is C16H22N4O2S. The maximum Gasteiger partial charge on any atom is 0.218 e. The number of hydrogen-bond acceptors (Lipinski definition) is 4. The maximum atomic E-state index is 12.5. The third-order valence-corrected chi connectivity index (χ3v) is 6.07. The Morgan fingerprint density at radius 2 is 1.78 bits per heavy atom. The van der Waals surface area contributed by atoms with Crippen molar-refractivity contribution in [2.45, 2.75) is 12.3 Å². The third kappa shape index (κ3) is 3.99. The molecule has 2 aromatic rings. The van der Waals surface area contributed by atoms with Crippen LogP contribution in [0.15, 0.2) is 42.9 Å². The summed E-state index contributed by atoms with van der Waals surface area (Å²) in [7, 11) is -1.27. The van der Waals surface area contributed by atoms with Crippen molar-refractivity contribution < 1.29 is 8.42 Å². The first kappa shape index (κ1) is 16.2. The van der Waals surface area contributed by atoms with Gasteiger partial charge in [-0.15, -0.1) is 0 Å². The first-order valence-electron chi connectivity index (χ1n) is 7.74. The number of benzene rings is 1. The van der Waals surface area contributed by atoms with Crippen molar-refractivity contribution in [3.63, 3.8) is 0 Å². The highest BCUT2D eigenvalue weighted by Crippen LogP contribution is 2.15. The average molecular weight is 334 g/mol. The molecular weight excluding hydrogens is 312 g/mol. The third-order valence-electron chi connectivity index (χ3n) is 4.22. The molecule has 6 nitrogen and oxygen atoms in total. The van der Waals surface area contributed by atoms with E-state index in [1.54, 1.807) is 10.6 Å². The molecule has 0 atom stereocenters. The number of imidazole rings is 1. The summed E-state index contributed by atoms with van der Waals surface area (Å²) in [5.74, 6) is 0.0789. The second-order valence-corrected chi connectivity index (χ2v) is 7.88. The van der Waals surface area contributed by atoms with Crippen LogP contribution in [0.3, 0.4) is 0 Å². The number of hydrogen-bond donors (Lipinski definition) is 0. The van der Waals surface area contributed by atoms with Crippen LogP contribution in [0.2, 0.25) is 0 Å². The molecule has 0 bridgehead atoms. The lowest BCUT2D eigenvalue weighted by molar-refractivity contribution is 0.178. The normalized spacial score (nSPS) is 17.4. The number of nitrogens with zero attached hydrogens (tertiary/aromatic N) is 4. The molecule has 1 saturated heterocycles. The Bertz CT molecular complexity index is 734. The van der Waals surface area contributed by atoms with E-state index in [0.717, 1.165) is 30.9 Å². The first-order chi connectivity index (χ1) is 11.0. The molecule has 1 aromatic carbocycles. The highest BCUT2D eigenvalue weighted by molar-refractivity contribution is 7.88. The second kappa shape index (κ2) is 6.82. The lowest BCUT2D eigenvalue weighted by atomic mass is 10.2. The monoisotopic (exact) mass is 334 g/mol. The Morgan fingerprint density at radius 1 is 1.09 bits per heavy atom. The molecule has 0 unspecified atom stereocenters. The molecule has 2 heterocycles. The Hall–Kier alpha value is -1.70. The van der Waals surface area contributed by atoms with Gasteiger partial charge in [0.2, 0.25) is 10.0 Å². The molecule has 124 valence electrons. The van der Waals surface area contributed by atoms with Crippen LogP contribution in [0.4, 0.5) is 0 Å². The second-order valence-electron chi connectivity index (χ2n) is 5.91. The molecule has 0 amide bonds. The summed E-state index contributed by atoms with van der Waals surface area (Å²) in [6, 6.07) is 9.35. The summed E-state index contributed by atoms with van der Waals surface area (Å²) in [6.45, 7) is 3.40. The van der Waals surface area contributed by atoms with E-state index in [1.165, 1.54) is 0 Å². The fourth-order valence-corrected chi connectivity index (χ4v) is 4.32. The summed E-state index contributed by atoms with van der Waals surface area (Å²) >= 11 is 0. The summed E-state index contributed by atoms with van der Waals surface area (Å²) in [6.07, 6.45) is 3.65. The molecule has 1 aliphatic heterocycles. The molecule has 7 heteroatoms. The van der Waals surface area contributed by atoms with Crippen molar-refractivity contribution in [2.75, 3.05) is 26.2 Å². The Morgan fingerprint density at radius 3 is 2.39 bits per heavy atom. The highest BCUT2D eigenvalue weighted by Gasteiger charge is 2.27. The average Bonchev–Trinajstić information content (AvgIpc) is 2.93. The number of rotatable bonds is 5. The molecule has 23 heavy (non-hydrogen) atoms. The lowest BCUT2D eigenvalue weighted by Crippen LogP contribution is -2.48. The van der Waals surface area contributed by atoms with Crippen LogP contribution < -0.4 is 0 Å². The van der Waals surface area contributed by atoms with Gasteiger partial charge in [-0.2, -0.15) is 4.31 Å². The lowest BCUT2D eigenvalue weighted by Gasteiger charge is -2.33. The number of aryl methyl sites for hydroxylation is 1. The zero-order chi connectivity index (χ0) is 16.3. The van der Waals surface area contributed by atoms with Crippen LogP contribution in [0.1, 0.15) is 11.3 Å². The van der Waals surface area contributed by atoms with Crippen LogP contribution in [-0.4, -0.2) is 53.4 Å². The van der Waals surface area contributed by atoms with E-state index in [4.69, 9.17) is 0 Å². The van der Waals surface area contributed by atoms with Gasteiger partial charge in [-0.3, -0.25) is 4.90 Å². The summed E-state index contributed by atoms with van der Waals surface area (Å²) in [4.78, 5) is 6.39. The van der Waals surface area contributed by atoms with Crippen LogP contribution >= 0.6 is 0 Å². The van der Waals surface area contributed by atoms with E-state index in [0.29, 0.717) is 13.1 Å². The van der Waals surface area contributed by atoms with Gasteiger partial charge in [-0.05, 0) is 5.56 Å². The van der Waals surface area contributed by atoms with Crippen LogP contribution in [0.25, 0.3) is 0 Å². The molecule has 1 aromatic heterocycles. The zero-order valence-electron chi connectivity index (χ0n) is 13.3. The molecule has 0 spiro atoms. The molecule has 1 aliphatic rings. The van der Waals surface area contributed by atoms with Gasteiger partial charge < -0.3 is 4.57 Å². The Kier molecular flexibility index (Phi) is 4.79. The quantitative estimate of drug-likeness (QED) is 0.821. The summed E-state index contributed by atoms with van der Waals surface area (Å²) < 4.78 is 28.7. The highest BCUT2D eigenvalue weighted by atomic mass is 32.2. The Labute approximate surface area is 137 Å². The molecule has 1 fully saturated rings. The molecule has 0 aliphatic carbocycles. The van der Waals surface area contributed by atoms with E-state index in [2.05, 4.69) is 9.88 Å². The molecule has 0 saturated carbocycles. The van der Waals surface area contributed by atoms with Gasteiger partial charge in [0.05, 0.1) is 17.8 Å². The van der Waals surface area contributed by atoms with Gasteiger partial charge in [-0.25, -0.2) is 13.4 Å². The maximum absolute atomic E-state index is 12.5. The van der Waals surface area contributed by atoms with E-state index in [9.17, 15) is 8.42 Å². The van der Waals surface area contributed by atoms with Crippen molar-refractivity contribution in [3.05, 3.63) is 54.1 Å². The topological polar surface area (TPSA) is 58.4 Å². The van der Waals surface area contributed by atoms with Crippen LogP contribution in [-0.2, 0) is 29.4 Å². The van der Waals surface area contributed by atoms with E-state index in [1.807, 2.05) is 48.1 Å². The first-order valence-corrected chi connectivity index (χ1v) is 9.35. The number of piperazine rings is 1. The van der Waals surface area contributed by atoms with Crippen molar-refractivity contribution >= 4 is 10.0 Å². The predicted molar refractivity (Wildman–Crippen MR) is 89.1 cm³/mol. The van der Waals surface area contributed by atoms with Gasteiger partial charge in [0.25, 0.3) is 0 Å². The largest absolute Gasteiger partial charge is 0.337 e. The fourth-order valence-electron chi connectivity index (χ4n) is 2.81. The van der Waals surface area contributed by atoms with E-state index in [-0.39, 0.29) is 5.75 Å². The molecule has 0 radical (unpaired) electrons. The van der Waals surface area contributed by atoms with Crippen molar-refractivity contribution in [3.8, 4) is 0 Å². The van der Waals surface area contributed by atoms with Crippen LogP contribution in [0, 0.1) is 0 Å². The SMILES string of the molecule is Cn1cncc1CN1CCN(S(=O)(=O)Cc2ccccc2)CC1. The number of sulfonamides is 1. The smallest absolute Gasteiger partial charge is 0.218 e. The van der Waals surface area contributed by atoms with Crippen LogP contribution in [0.5, 0.6) is 0 Å². The minimum Gasteiger partial charge on any atom is -0.337 e. The Balaban J connectivity index is 1.57. The molecule has 3 rings (SSSR count). The van der Waals surface area contributed by atoms with Crippen molar-refractivity contribution in [1.82, 2.24) is 18.8 Å². The minimum atomic E-state index is -3.24. The predicted octanol–water partition coefficient (Wildman–Crippen LogP) is 1.07. The van der Waals surface area contributed by atoms with Gasteiger partial charge in [0.1, 0.15) is 0 Å². The minimum absolute atomic E-state index is 0.0789. The van der Waals surface area contributed by atoms with Gasteiger partial charge >= 0.3 is 0 Å². The van der Waals surface area contributed by atoms with Crippen molar-refractivity contribution in [2.24, 2.45) is 7.05 Å². The number of aromatic nitrogens is 2. The zero-order valence-corrected chi connectivity index (χ0v) is 14.1. The van der Waals surface area contributed by atoms with Gasteiger partial charge in [-0.1, -0.05) is 30.3 Å². The fraction of sp³-hybridized carbons (Fsp3) is 0.438. The van der Waals surface area contributed by atoms with Gasteiger partial charge in [0.15, 0.2) is 0 Å². The summed E-state index contributed by atoms with van der Waals surface area (Å²) in [5.41, 5.74) is 1.98. The van der Waals surface area contributed by atoms with E-state index < -0.39 is 10.0 Å². The van der Waals surface area contributed by atoms with Crippen molar-refractivity contribution in [1.29, 1.82) is 0 Å².